The summed E-state index contributed by atoms with van der Waals surface area (Å²) in [5.41, 5.74) is 0.930. The van der Waals surface area contributed by atoms with E-state index in [0.29, 0.717) is 4.90 Å². The molecule has 0 saturated heterocycles. The molecule has 0 bridgehead atoms. The van der Waals surface area contributed by atoms with Crippen LogP contribution in [0.5, 0.6) is 0 Å². The highest BCUT2D eigenvalue weighted by atomic mass is 32.2. The second-order valence-corrected chi connectivity index (χ2v) is 8.79. The predicted molar refractivity (Wildman–Crippen MR) is 83.4 cm³/mol. The Morgan fingerprint density at radius 3 is 2.16 bits per heavy atom. The zero-order chi connectivity index (χ0) is 14.7. The summed E-state index contributed by atoms with van der Waals surface area (Å²) in [7, 11) is -0.280. The van der Waals surface area contributed by atoms with Crippen LogP contribution >= 0.6 is 11.8 Å². The second-order valence-electron chi connectivity index (χ2n) is 5.13. The van der Waals surface area contributed by atoms with Gasteiger partial charge in [-0.05, 0) is 44.4 Å². The van der Waals surface area contributed by atoms with Crippen LogP contribution in [0.3, 0.4) is 0 Å². The fraction of sp³-hybridized carbons (Fsp3) is 0.538. The van der Waals surface area contributed by atoms with E-state index in [1.54, 1.807) is 36.0 Å². The fourth-order valence-corrected chi connectivity index (χ4v) is 2.46. The first-order valence-electron chi connectivity index (χ1n) is 6.01. The van der Waals surface area contributed by atoms with Crippen molar-refractivity contribution < 1.29 is 8.42 Å². The van der Waals surface area contributed by atoms with Gasteiger partial charge in [-0.1, -0.05) is 0 Å². The van der Waals surface area contributed by atoms with Gasteiger partial charge in [0, 0.05) is 31.1 Å². The van der Waals surface area contributed by atoms with Crippen molar-refractivity contribution in [3.05, 3.63) is 24.3 Å². The lowest BCUT2D eigenvalue weighted by atomic mass is 10.2. The molecule has 1 aromatic rings. The van der Waals surface area contributed by atoms with Gasteiger partial charge in [-0.25, -0.2) is 12.7 Å². The molecule has 0 saturated carbocycles. The van der Waals surface area contributed by atoms with Crippen molar-refractivity contribution in [1.82, 2.24) is 4.31 Å². The van der Waals surface area contributed by atoms with Crippen LogP contribution in [0.25, 0.3) is 0 Å². The first-order chi connectivity index (χ1) is 8.69. The molecular weight excluding hydrogens is 280 g/mol. The van der Waals surface area contributed by atoms with Crippen LogP contribution in [-0.4, -0.2) is 44.4 Å². The number of thioether (sulfide) groups is 1. The van der Waals surface area contributed by atoms with Crippen LogP contribution in [0.4, 0.5) is 5.69 Å². The highest BCUT2D eigenvalue weighted by Gasteiger charge is 2.17. The van der Waals surface area contributed by atoms with Gasteiger partial charge >= 0.3 is 0 Å². The van der Waals surface area contributed by atoms with Crippen LogP contribution in [0.2, 0.25) is 0 Å². The van der Waals surface area contributed by atoms with Crippen molar-refractivity contribution in [2.24, 2.45) is 0 Å². The molecule has 0 heterocycles. The largest absolute Gasteiger partial charge is 0.384 e. The van der Waals surface area contributed by atoms with E-state index in [0.717, 1.165) is 12.2 Å². The normalized spacial score (nSPS) is 12.7. The third-order valence-corrected chi connectivity index (χ3v) is 5.98. The summed E-state index contributed by atoms with van der Waals surface area (Å²) in [4.78, 5) is 0.312. The summed E-state index contributed by atoms with van der Waals surface area (Å²) in [6.45, 7) is 5.15. The topological polar surface area (TPSA) is 49.4 Å². The second kappa shape index (κ2) is 6.15. The Morgan fingerprint density at radius 2 is 1.74 bits per heavy atom. The minimum Gasteiger partial charge on any atom is -0.384 e. The number of nitrogens with zero attached hydrogens (tertiary/aromatic N) is 1. The van der Waals surface area contributed by atoms with E-state index in [4.69, 9.17) is 0 Å². The Balaban J connectivity index is 2.78. The van der Waals surface area contributed by atoms with Crippen molar-refractivity contribution >= 4 is 27.5 Å². The van der Waals surface area contributed by atoms with Crippen LogP contribution in [0, 0.1) is 0 Å². The van der Waals surface area contributed by atoms with Crippen molar-refractivity contribution in [2.75, 3.05) is 32.2 Å². The summed E-state index contributed by atoms with van der Waals surface area (Å²) in [5.74, 6) is 0. The lowest BCUT2D eigenvalue weighted by Gasteiger charge is -2.23. The molecule has 0 aliphatic heterocycles. The molecule has 1 rings (SSSR count). The summed E-state index contributed by atoms with van der Waals surface area (Å²) < 4.78 is 25.2. The van der Waals surface area contributed by atoms with Gasteiger partial charge in [0.1, 0.15) is 0 Å². The van der Waals surface area contributed by atoms with E-state index in [1.807, 2.05) is 0 Å². The zero-order valence-electron chi connectivity index (χ0n) is 12.1. The van der Waals surface area contributed by atoms with E-state index < -0.39 is 10.0 Å². The van der Waals surface area contributed by atoms with Gasteiger partial charge in [0.2, 0.25) is 10.0 Å². The van der Waals surface area contributed by atoms with Gasteiger partial charge < -0.3 is 5.32 Å². The fourth-order valence-electron chi connectivity index (χ4n) is 1.34. The van der Waals surface area contributed by atoms with Crippen molar-refractivity contribution in [3.63, 3.8) is 0 Å². The number of sulfonamides is 1. The minimum absolute atomic E-state index is 0.147. The van der Waals surface area contributed by atoms with E-state index in [-0.39, 0.29) is 4.75 Å². The molecule has 0 radical (unpaired) electrons. The van der Waals surface area contributed by atoms with Gasteiger partial charge in [0.15, 0.2) is 0 Å². The summed E-state index contributed by atoms with van der Waals surface area (Å²) in [6.07, 6.45) is 2.08. The molecule has 0 amide bonds. The molecule has 0 aliphatic rings. The molecule has 0 fully saturated rings. The maximum absolute atomic E-state index is 11.9. The maximum atomic E-state index is 11.9. The standard InChI is InChI=1S/C13H22N2O2S2/c1-13(2,18-5)10-14-11-6-8-12(9-7-11)19(16,17)15(3)4/h6-9,14H,10H2,1-5H3. The maximum Gasteiger partial charge on any atom is 0.242 e. The van der Waals surface area contributed by atoms with E-state index in [9.17, 15) is 8.42 Å². The van der Waals surface area contributed by atoms with Crippen LogP contribution in [0.1, 0.15) is 13.8 Å². The molecule has 108 valence electrons. The number of hydrogen-bond acceptors (Lipinski definition) is 4. The number of anilines is 1. The quantitative estimate of drug-likeness (QED) is 0.877. The molecule has 0 spiro atoms. The zero-order valence-corrected chi connectivity index (χ0v) is 13.7. The number of nitrogens with one attached hydrogen (secondary N) is 1. The smallest absolute Gasteiger partial charge is 0.242 e. The molecule has 0 atom stereocenters. The van der Waals surface area contributed by atoms with E-state index in [1.165, 1.54) is 18.4 Å². The van der Waals surface area contributed by atoms with Gasteiger partial charge in [0.05, 0.1) is 4.90 Å². The summed E-state index contributed by atoms with van der Waals surface area (Å²) in [5, 5.41) is 3.31. The average Bonchev–Trinajstić information content (AvgIpc) is 2.37. The Hall–Kier alpha value is -0.720. The molecule has 1 aromatic carbocycles. The van der Waals surface area contributed by atoms with E-state index in [2.05, 4.69) is 25.4 Å². The predicted octanol–water partition coefficient (Wildman–Crippen LogP) is 2.49. The summed E-state index contributed by atoms with van der Waals surface area (Å²) >= 11 is 1.79. The van der Waals surface area contributed by atoms with Crippen molar-refractivity contribution in [3.8, 4) is 0 Å². The highest BCUT2D eigenvalue weighted by molar-refractivity contribution is 7.99. The molecule has 0 aliphatic carbocycles. The van der Waals surface area contributed by atoms with Crippen molar-refractivity contribution in [2.45, 2.75) is 23.5 Å². The first-order valence-corrected chi connectivity index (χ1v) is 8.67. The first kappa shape index (κ1) is 16.3. The third kappa shape index (κ3) is 4.40. The Morgan fingerprint density at radius 1 is 1.21 bits per heavy atom. The molecular formula is C13H22N2O2S2. The Labute approximate surface area is 120 Å². The minimum atomic E-state index is -3.34. The van der Waals surface area contributed by atoms with Gasteiger partial charge in [-0.3, -0.25) is 0 Å². The molecule has 6 heteroatoms. The van der Waals surface area contributed by atoms with Crippen LogP contribution in [-0.2, 0) is 10.0 Å². The van der Waals surface area contributed by atoms with Crippen molar-refractivity contribution in [1.29, 1.82) is 0 Å². The summed E-state index contributed by atoms with van der Waals surface area (Å²) in [6, 6.07) is 6.85. The average molecular weight is 302 g/mol. The lowest BCUT2D eigenvalue weighted by molar-refractivity contribution is 0.521. The molecule has 19 heavy (non-hydrogen) atoms. The van der Waals surface area contributed by atoms with Crippen LogP contribution < -0.4 is 5.32 Å². The van der Waals surface area contributed by atoms with E-state index >= 15 is 0 Å². The molecule has 0 aromatic heterocycles. The van der Waals surface area contributed by atoms with Crippen LogP contribution in [0.15, 0.2) is 29.2 Å². The molecule has 1 N–H and O–H groups in total. The number of rotatable bonds is 6. The Kier molecular flexibility index (Phi) is 5.29. The number of benzene rings is 1. The monoisotopic (exact) mass is 302 g/mol. The number of hydrogen-bond donors (Lipinski definition) is 1. The Bertz CT molecular complexity index is 508. The molecule has 0 unspecified atom stereocenters. The third-order valence-electron chi connectivity index (χ3n) is 2.90. The highest BCUT2D eigenvalue weighted by Crippen LogP contribution is 2.22. The van der Waals surface area contributed by atoms with Gasteiger partial charge in [-0.2, -0.15) is 11.8 Å². The van der Waals surface area contributed by atoms with Gasteiger partial charge in [-0.15, -0.1) is 0 Å². The molecule has 4 nitrogen and oxygen atoms in total. The lowest BCUT2D eigenvalue weighted by Crippen LogP contribution is -2.26. The van der Waals surface area contributed by atoms with Gasteiger partial charge in [0.25, 0.3) is 0 Å². The SMILES string of the molecule is CSC(C)(C)CNc1ccc(S(=O)(=O)N(C)C)cc1.